The lowest BCUT2D eigenvalue weighted by Crippen LogP contribution is -2.12. The maximum Gasteiger partial charge on any atom is 0.355 e. The van der Waals surface area contributed by atoms with Crippen LogP contribution < -0.4 is 5.73 Å². The van der Waals surface area contributed by atoms with E-state index in [2.05, 4.69) is 19.4 Å². The van der Waals surface area contributed by atoms with Crippen molar-refractivity contribution < 1.29 is 34.1 Å². The molecule has 0 amide bonds. The van der Waals surface area contributed by atoms with Crippen molar-refractivity contribution in [3.05, 3.63) is 59.0 Å². The van der Waals surface area contributed by atoms with Gasteiger partial charge in [-0.1, -0.05) is 12.1 Å². The number of esters is 2. The van der Waals surface area contributed by atoms with Gasteiger partial charge in [0.05, 0.1) is 26.0 Å². The van der Waals surface area contributed by atoms with Crippen LogP contribution in [0.1, 0.15) is 49.9 Å². The van der Waals surface area contributed by atoms with Crippen molar-refractivity contribution in [3.8, 4) is 5.88 Å². The fourth-order valence-electron chi connectivity index (χ4n) is 2.38. The van der Waals surface area contributed by atoms with Gasteiger partial charge in [-0.2, -0.15) is 0 Å². The zero-order valence-corrected chi connectivity index (χ0v) is 16.4. The summed E-state index contributed by atoms with van der Waals surface area (Å²) in [6.07, 6.45) is 1.06. The van der Waals surface area contributed by atoms with E-state index >= 15 is 0 Å². The molecule has 11 nitrogen and oxygen atoms in total. The third-order valence-electron chi connectivity index (χ3n) is 3.93. The largest absolute Gasteiger partial charge is 0.493 e. The fourth-order valence-corrected chi connectivity index (χ4v) is 2.38. The zero-order valence-electron chi connectivity index (χ0n) is 16.4. The number of carboxylic acid groups (broad SMARTS) is 1. The average Bonchev–Trinajstić information content (AvgIpc) is 3.13. The first kappa shape index (κ1) is 22.3. The second kappa shape index (κ2) is 9.47. The Balaban J connectivity index is 0.000000222. The van der Waals surface area contributed by atoms with E-state index in [1.165, 1.54) is 7.11 Å². The highest BCUT2D eigenvalue weighted by Crippen LogP contribution is 2.16. The van der Waals surface area contributed by atoms with Crippen molar-refractivity contribution in [2.75, 3.05) is 14.2 Å². The molecule has 2 aromatic heterocycles. The van der Waals surface area contributed by atoms with Gasteiger partial charge in [0.1, 0.15) is 5.69 Å². The number of aromatic carboxylic acids is 1. The molecule has 3 rings (SSSR count). The van der Waals surface area contributed by atoms with Gasteiger partial charge in [-0.05, 0) is 24.6 Å². The summed E-state index contributed by atoms with van der Waals surface area (Å²) in [5, 5.41) is 18.3. The first-order chi connectivity index (χ1) is 14.2. The van der Waals surface area contributed by atoms with Gasteiger partial charge in [-0.15, -0.1) is 0 Å². The predicted octanol–water partition coefficient (Wildman–Crippen LogP) is 1.41. The van der Waals surface area contributed by atoms with Crippen LogP contribution in [0.4, 0.5) is 0 Å². The minimum atomic E-state index is -1.31. The van der Waals surface area contributed by atoms with E-state index in [9.17, 15) is 19.5 Å². The molecule has 0 radical (unpaired) electrons. The maximum atomic E-state index is 11.4. The second-order valence-corrected chi connectivity index (χ2v) is 5.98. The van der Waals surface area contributed by atoms with E-state index in [0.717, 1.165) is 29.3 Å². The van der Waals surface area contributed by atoms with Crippen LogP contribution in [-0.2, 0) is 9.47 Å². The van der Waals surface area contributed by atoms with E-state index < -0.39 is 11.9 Å². The average molecular weight is 416 g/mol. The van der Waals surface area contributed by atoms with Gasteiger partial charge in [0.2, 0.25) is 11.7 Å². The van der Waals surface area contributed by atoms with Crippen LogP contribution in [-0.4, -0.2) is 56.7 Å². The number of carbonyl (C=O) groups excluding carboxylic acids is 2. The molecule has 158 valence electrons. The standard InChI is InChI=1S/C10H13NO2.C9H7N3O5/c1-7(11)8-3-5-9(6-4-8)10(12)13-2;1-17-8(16)5-2-4(7(14)15)11-9-10-3-6(13)12(5)9/h3-7H,11H2,1-2H3;2-3,13H,1H3,(H,14,15)/t7-;/m0./s1. The number of nitrogens with zero attached hydrogens (tertiary/aromatic N) is 3. The summed E-state index contributed by atoms with van der Waals surface area (Å²) in [5.41, 5.74) is 6.69. The number of methoxy groups -OCH3 is 2. The van der Waals surface area contributed by atoms with Gasteiger partial charge in [-0.25, -0.2) is 28.8 Å². The molecule has 0 fully saturated rings. The van der Waals surface area contributed by atoms with Crippen molar-refractivity contribution in [2.45, 2.75) is 13.0 Å². The van der Waals surface area contributed by atoms with Gasteiger partial charge < -0.3 is 25.4 Å². The van der Waals surface area contributed by atoms with E-state index in [4.69, 9.17) is 10.8 Å². The molecule has 0 aliphatic heterocycles. The number of benzene rings is 1. The number of hydrogen-bond donors (Lipinski definition) is 3. The van der Waals surface area contributed by atoms with Crippen molar-refractivity contribution in [1.82, 2.24) is 14.4 Å². The predicted molar refractivity (Wildman–Crippen MR) is 103 cm³/mol. The monoisotopic (exact) mass is 416 g/mol. The number of aromatic hydroxyl groups is 1. The third-order valence-corrected chi connectivity index (χ3v) is 3.93. The van der Waals surface area contributed by atoms with Gasteiger partial charge in [0.25, 0.3) is 0 Å². The van der Waals surface area contributed by atoms with E-state index in [-0.39, 0.29) is 35.1 Å². The molecule has 0 bridgehead atoms. The lowest BCUT2D eigenvalue weighted by molar-refractivity contribution is 0.0585. The maximum absolute atomic E-state index is 11.4. The van der Waals surface area contributed by atoms with Crippen LogP contribution in [0, 0.1) is 0 Å². The lowest BCUT2D eigenvalue weighted by Gasteiger charge is -2.05. The van der Waals surface area contributed by atoms with E-state index in [1.54, 1.807) is 12.1 Å². The van der Waals surface area contributed by atoms with Crippen molar-refractivity contribution in [3.63, 3.8) is 0 Å². The summed E-state index contributed by atoms with van der Waals surface area (Å²) in [7, 11) is 2.50. The molecule has 11 heteroatoms. The SMILES string of the molecule is COC(=O)c1cc(C(=O)O)nc2ncc(O)n12.COC(=O)c1ccc([C@H](C)N)cc1. The smallest absolute Gasteiger partial charge is 0.355 e. The number of hydrogen-bond acceptors (Lipinski definition) is 9. The zero-order chi connectivity index (χ0) is 22.4. The second-order valence-electron chi connectivity index (χ2n) is 5.98. The van der Waals surface area contributed by atoms with Crippen LogP contribution in [0.3, 0.4) is 0 Å². The first-order valence-electron chi connectivity index (χ1n) is 8.52. The van der Waals surface area contributed by atoms with Crippen molar-refractivity contribution >= 4 is 23.7 Å². The van der Waals surface area contributed by atoms with E-state index in [0.29, 0.717) is 5.56 Å². The lowest BCUT2D eigenvalue weighted by atomic mass is 10.1. The van der Waals surface area contributed by atoms with Gasteiger partial charge >= 0.3 is 17.9 Å². The Morgan fingerprint density at radius 3 is 2.20 bits per heavy atom. The topological polar surface area (TPSA) is 166 Å². The molecule has 4 N–H and O–H groups in total. The number of nitrogens with two attached hydrogens (primary N) is 1. The minimum Gasteiger partial charge on any atom is -0.493 e. The minimum absolute atomic E-state index is 0.00769. The van der Waals surface area contributed by atoms with Gasteiger partial charge in [-0.3, -0.25) is 0 Å². The molecule has 2 heterocycles. The summed E-state index contributed by atoms with van der Waals surface area (Å²) in [6.45, 7) is 1.90. The normalized spacial score (nSPS) is 11.2. The summed E-state index contributed by atoms with van der Waals surface area (Å²) >= 11 is 0. The first-order valence-corrected chi connectivity index (χ1v) is 8.52. The number of fused-ring (bicyclic) bond motifs is 1. The molecule has 1 atom stereocenters. The van der Waals surface area contributed by atoms with Gasteiger partial charge in [0, 0.05) is 12.1 Å². The van der Waals surface area contributed by atoms with Crippen molar-refractivity contribution in [1.29, 1.82) is 0 Å². The Morgan fingerprint density at radius 2 is 1.70 bits per heavy atom. The van der Waals surface area contributed by atoms with Crippen LogP contribution in [0.25, 0.3) is 5.78 Å². The molecular formula is C19H20N4O7. The molecule has 3 aromatic rings. The number of aromatic nitrogens is 3. The van der Waals surface area contributed by atoms with Crippen molar-refractivity contribution in [2.24, 2.45) is 5.73 Å². The number of carboxylic acids is 1. The molecule has 0 aliphatic rings. The Morgan fingerprint density at radius 1 is 1.10 bits per heavy atom. The number of ether oxygens (including phenoxy) is 2. The summed E-state index contributed by atoms with van der Waals surface area (Å²) in [4.78, 5) is 40.6. The highest BCUT2D eigenvalue weighted by molar-refractivity contribution is 5.93. The van der Waals surface area contributed by atoms with Crippen LogP contribution in [0.2, 0.25) is 0 Å². The molecule has 0 saturated heterocycles. The quantitative estimate of drug-likeness (QED) is 0.529. The molecule has 1 aromatic carbocycles. The highest BCUT2D eigenvalue weighted by atomic mass is 16.5. The number of rotatable bonds is 4. The molecule has 0 saturated carbocycles. The number of carbonyl (C=O) groups is 3. The Hall–Kier alpha value is -3.99. The Kier molecular flexibility index (Phi) is 7.04. The molecule has 0 spiro atoms. The fraction of sp³-hybridized carbons (Fsp3) is 0.211. The van der Waals surface area contributed by atoms with Crippen LogP contribution in [0.15, 0.2) is 36.5 Å². The Bertz CT molecular complexity index is 1070. The molecule has 30 heavy (non-hydrogen) atoms. The van der Waals surface area contributed by atoms with Crippen LogP contribution in [0.5, 0.6) is 5.88 Å². The number of imidazole rings is 1. The Labute approximate surface area is 170 Å². The highest BCUT2D eigenvalue weighted by Gasteiger charge is 2.19. The molecular weight excluding hydrogens is 396 g/mol. The third kappa shape index (κ3) is 4.89. The van der Waals surface area contributed by atoms with E-state index in [1.807, 2.05) is 19.1 Å². The van der Waals surface area contributed by atoms with Crippen LogP contribution >= 0.6 is 0 Å². The summed E-state index contributed by atoms with van der Waals surface area (Å²) in [5.74, 6) is -2.85. The van der Waals surface area contributed by atoms with Gasteiger partial charge in [0.15, 0.2) is 5.69 Å². The molecule has 0 unspecified atom stereocenters. The molecule has 0 aliphatic carbocycles. The summed E-state index contributed by atoms with van der Waals surface area (Å²) < 4.78 is 10.0. The summed E-state index contributed by atoms with van der Waals surface area (Å²) in [6, 6.07) is 8.08.